The number of rotatable bonds is 6. The van der Waals surface area contributed by atoms with Crippen LogP contribution in [0.15, 0.2) is 6.33 Å². The fourth-order valence-corrected chi connectivity index (χ4v) is 2.59. The Morgan fingerprint density at radius 2 is 2.39 bits per heavy atom. The molecule has 0 spiro atoms. The number of hydrogen-bond acceptors (Lipinski definition) is 4. The number of aromatic nitrogens is 3. The number of piperidine rings is 1. The van der Waals surface area contributed by atoms with Gasteiger partial charge in [-0.15, -0.1) is 10.2 Å². The molecule has 1 aliphatic heterocycles. The molecule has 0 aromatic carbocycles. The predicted molar refractivity (Wildman–Crippen MR) is 72.2 cm³/mol. The predicted octanol–water partition coefficient (Wildman–Crippen LogP) is 1.17. The molecule has 0 amide bonds. The van der Waals surface area contributed by atoms with Gasteiger partial charge in [-0.1, -0.05) is 13.3 Å². The average Bonchev–Trinajstić information content (AvgIpc) is 2.77. The van der Waals surface area contributed by atoms with Crippen molar-refractivity contribution in [1.29, 1.82) is 0 Å². The first kappa shape index (κ1) is 13.5. The third-order valence-corrected chi connectivity index (χ3v) is 3.60. The van der Waals surface area contributed by atoms with E-state index in [4.69, 9.17) is 0 Å². The summed E-state index contributed by atoms with van der Waals surface area (Å²) in [5.74, 6) is 1.05. The molecule has 1 N–H and O–H groups in total. The standard InChI is InChI=1S/C13H25N5/c1-3-8-18(9-12-6-4-5-7-14-12)10-13-16-15-11-17(13)2/h11-12,14H,3-10H2,1-2H3. The molecular weight excluding hydrogens is 226 g/mol. The molecule has 5 nitrogen and oxygen atoms in total. The molecule has 0 aliphatic carbocycles. The van der Waals surface area contributed by atoms with Crippen molar-refractivity contribution in [2.75, 3.05) is 19.6 Å². The molecule has 0 radical (unpaired) electrons. The van der Waals surface area contributed by atoms with E-state index in [0.29, 0.717) is 6.04 Å². The highest BCUT2D eigenvalue weighted by molar-refractivity contribution is 4.86. The minimum Gasteiger partial charge on any atom is -0.320 e. The van der Waals surface area contributed by atoms with Crippen molar-refractivity contribution in [2.24, 2.45) is 7.05 Å². The zero-order valence-electron chi connectivity index (χ0n) is 11.6. The van der Waals surface area contributed by atoms with Gasteiger partial charge in [-0.2, -0.15) is 0 Å². The lowest BCUT2D eigenvalue weighted by Gasteiger charge is -2.30. The summed E-state index contributed by atoms with van der Waals surface area (Å²) in [6.45, 7) is 6.57. The van der Waals surface area contributed by atoms with Crippen molar-refractivity contribution in [1.82, 2.24) is 25.0 Å². The quantitative estimate of drug-likeness (QED) is 0.824. The lowest BCUT2D eigenvalue weighted by molar-refractivity contribution is 0.211. The Balaban J connectivity index is 1.88. The summed E-state index contributed by atoms with van der Waals surface area (Å²) >= 11 is 0. The van der Waals surface area contributed by atoms with Gasteiger partial charge >= 0.3 is 0 Å². The smallest absolute Gasteiger partial charge is 0.146 e. The van der Waals surface area contributed by atoms with E-state index in [-0.39, 0.29) is 0 Å². The number of nitrogens with one attached hydrogen (secondary N) is 1. The summed E-state index contributed by atoms with van der Waals surface area (Å²) in [7, 11) is 2.01. The van der Waals surface area contributed by atoms with Crippen molar-refractivity contribution in [2.45, 2.75) is 45.2 Å². The fraction of sp³-hybridized carbons (Fsp3) is 0.846. The second kappa shape index (κ2) is 6.85. The van der Waals surface area contributed by atoms with Crippen LogP contribution in [0.3, 0.4) is 0 Å². The second-order valence-electron chi connectivity index (χ2n) is 5.24. The van der Waals surface area contributed by atoms with E-state index in [9.17, 15) is 0 Å². The molecule has 102 valence electrons. The Bertz CT molecular complexity index is 343. The van der Waals surface area contributed by atoms with Gasteiger partial charge in [0.2, 0.25) is 0 Å². The number of nitrogens with zero attached hydrogens (tertiary/aromatic N) is 4. The summed E-state index contributed by atoms with van der Waals surface area (Å²) in [6.07, 6.45) is 6.96. The molecule has 2 rings (SSSR count). The number of hydrogen-bond donors (Lipinski definition) is 1. The van der Waals surface area contributed by atoms with Gasteiger partial charge in [0, 0.05) is 19.6 Å². The van der Waals surface area contributed by atoms with Gasteiger partial charge in [-0.25, -0.2) is 0 Å². The second-order valence-corrected chi connectivity index (χ2v) is 5.24. The Labute approximate surface area is 110 Å². The summed E-state index contributed by atoms with van der Waals surface area (Å²) in [5.41, 5.74) is 0. The summed E-state index contributed by atoms with van der Waals surface area (Å²) < 4.78 is 2.01. The molecule has 1 saturated heterocycles. The Morgan fingerprint density at radius 1 is 1.50 bits per heavy atom. The third-order valence-electron chi connectivity index (χ3n) is 3.60. The Kier molecular flexibility index (Phi) is 5.13. The molecule has 0 saturated carbocycles. The third kappa shape index (κ3) is 3.78. The maximum atomic E-state index is 4.18. The zero-order valence-corrected chi connectivity index (χ0v) is 11.6. The fourth-order valence-electron chi connectivity index (χ4n) is 2.59. The normalized spacial score (nSPS) is 20.5. The van der Waals surface area contributed by atoms with Crippen molar-refractivity contribution in [3.05, 3.63) is 12.2 Å². The molecule has 2 heterocycles. The van der Waals surface area contributed by atoms with Crippen molar-refractivity contribution < 1.29 is 0 Å². The average molecular weight is 251 g/mol. The first-order valence-electron chi connectivity index (χ1n) is 7.08. The lowest BCUT2D eigenvalue weighted by Crippen LogP contribution is -2.43. The molecule has 1 fully saturated rings. The Morgan fingerprint density at radius 3 is 3.00 bits per heavy atom. The van der Waals surface area contributed by atoms with Crippen LogP contribution in [0, 0.1) is 0 Å². The van der Waals surface area contributed by atoms with E-state index in [1.54, 1.807) is 6.33 Å². The van der Waals surface area contributed by atoms with Crippen LogP contribution in [0.2, 0.25) is 0 Å². The van der Waals surface area contributed by atoms with E-state index < -0.39 is 0 Å². The van der Waals surface area contributed by atoms with E-state index in [1.807, 2.05) is 11.6 Å². The van der Waals surface area contributed by atoms with E-state index in [1.165, 1.54) is 32.2 Å². The van der Waals surface area contributed by atoms with E-state index in [0.717, 1.165) is 25.5 Å². The van der Waals surface area contributed by atoms with Gasteiger partial charge in [0.15, 0.2) is 0 Å². The highest BCUT2D eigenvalue weighted by atomic mass is 15.3. The van der Waals surface area contributed by atoms with Crippen LogP contribution < -0.4 is 5.32 Å². The highest BCUT2D eigenvalue weighted by Gasteiger charge is 2.17. The van der Waals surface area contributed by atoms with Crippen LogP contribution in [-0.4, -0.2) is 45.3 Å². The van der Waals surface area contributed by atoms with Crippen LogP contribution in [0.1, 0.15) is 38.4 Å². The SMILES string of the molecule is CCCN(Cc1nncn1C)CC1CCCCN1. The topological polar surface area (TPSA) is 46.0 Å². The molecule has 1 atom stereocenters. The largest absolute Gasteiger partial charge is 0.320 e. The van der Waals surface area contributed by atoms with Crippen molar-refractivity contribution in [3.63, 3.8) is 0 Å². The molecule has 1 unspecified atom stereocenters. The van der Waals surface area contributed by atoms with Gasteiger partial charge in [-0.05, 0) is 32.4 Å². The molecule has 1 aromatic heterocycles. The minimum absolute atomic E-state index is 0.651. The molecule has 18 heavy (non-hydrogen) atoms. The Hall–Kier alpha value is -0.940. The maximum absolute atomic E-state index is 4.18. The maximum Gasteiger partial charge on any atom is 0.146 e. The first-order valence-corrected chi connectivity index (χ1v) is 7.08. The van der Waals surface area contributed by atoms with Crippen LogP contribution >= 0.6 is 0 Å². The highest BCUT2D eigenvalue weighted by Crippen LogP contribution is 2.10. The lowest BCUT2D eigenvalue weighted by atomic mass is 10.0. The zero-order chi connectivity index (χ0) is 12.8. The molecule has 0 bridgehead atoms. The van der Waals surface area contributed by atoms with Crippen LogP contribution in [0.25, 0.3) is 0 Å². The number of aryl methyl sites for hydroxylation is 1. The van der Waals surface area contributed by atoms with Gasteiger partial charge < -0.3 is 9.88 Å². The summed E-state index contributed by atoms with van der Waals surface area (Å²) in [5, 5.41) is 11.8. The van der Waals surface area contributed by atoms with Gasteiger partial charge in [0.1, 0.15) is 12.2 Å². The van der Waals surface area contributed by atoms with Crippen LogP contribution in [0.5, 0.6) is 0 Å². The van der Waals surface area contributed by atoms with Crippen molar-refractivity contribution in [3.8, 4) is 0 Å². The minimum atomic E-state index is 0.651. The molecular formula is C13H25N5. The van der Waals surface area contributed by atoms with Gasteiger partial charge in [0.25, 0.3) is 0 Å². The molecule has 5 heteroatoms. The van der Waals surface area contributed by atoms with Crippen molar-refractivity contribution >= 4 is 0 Å². The first-order chi connectivity index (χ1) is 8.79. The summed E-state index contributed by atoms with van der Waals surface area (Å²) in [4.78, 5) is 2.49. The van der Waals surface area contributed by atoms with E-state index >= 15 is 0 Å². The summed E-state index contributed by atoms with van der Waals surface area (Å²) in [6, 6.07) is 0.651. The van der Waals surface area contributed by atoms with E-state index in [2.05, 4.69) is 27.3 Å². The monoisotopic (exact) mass is 251 g/mol. The molecule has 1 aliphatic rings. The van der Waals surface area contributed by atoms with Gasteiger partial charge in [0.05, 0.1) is 6.54 Å². The van der Waals surface area contributed by atoms with Crippen LogP contribution in [0.4, 0.5) is 0 Å². The molecule has 1 aromatic rings. The van der Waals surface area contributed by atoms with Gasteiger partial charge in [-0.3, -0.25) is 4.90 Å². The van der Waals surface area contributed by atoms with Crippen LogP contribution in [-0.2, 0) is 13.6 Å².